The van der Waals surface area contributed by atoms with Gasteiger partial charge in [0.05, 0.1) is 18.5 Å². The summed E-state index contributed by atoms with van der Waals surface area (Å²) >= 11 is 0. The molecule has 2 aromatic heterocycles. The van der Waals surface area contributed by atoms with Gasteiger partial charge in [-0.1, -0.05) is 12.1 Å². The number of rotatable bonds is 7. The van der Waals surface area contributed by atoms with Gasteiger partial charge in [0.1, 0.15) is 23.3 Å². The first-order valence-corrected chi connectivity index (χ1v) is 12.3. The number of aromatic nitrogens is 4. The molecule has 1 atom stereocenters. The monoisotopic (exact) mass is 472 g/mol. The number of halogens is 1. The Hall–Kier alpha value is -3.38. The van der Waals surface area contributed by atoms with E-state index in [1.165, 1.54) is 22.7 Å². The molecule has 1 unspecified atom stereocenters. The van der Waals surface area contributed by atoms with Crippen LogP contribution >= 0.6 is 0 Å². The minimum Gasteiger partial charge on any atom is -0.354 e. The van der Waals surface area contributed by atoms with Gasteiger partial charge >= 0.3 is 0 Å². The lowest BCUT2D eigenvalue weighted by atomic mass is 10.1. The Kier molecular flexibility index (Phi) is 6.65. The molecule has 3 aromatic rings. The molecule has 1 aliphatic heterocycles. The number of anilines is 4. The number of hydrogen-bond acceptors (Lipinski definition) is 9. The van der Waals surface area contributed by atoms with Gasteiger partial charge in [0.15, 0.2) is 0 Å². The minimum absolute atomic E-state index is 0.174. The van der Waals surface area contributed by atoms with Crippen molar-refractivity contribution >= 4 is 33.4 Å². The molecule has 10 nitrogen and oxygen atoms in total. The Balaban J connectivity index is 1.58. The van der Waals surface area contributed by atoms with Crippen molar-refractivity contribution in [3.63, 3.8) is 0 Å². The second-order valence-corrected chi connectivity index (χ2v) is 9.70. The van der Waals surface area contributed by atoms with E-state index in [1.54, 1.807) is 36.8 Å². The lowest BCUT2D eigenvalue weighted by Crippen LogP contribution is -2.48. The fourth-order valence-corrected chi connectivity index (χ4v) is 4.32. The van der Waals surface area contributed by atoms with Gasteiger partial charge in [0, 0.05) is 44.6 Å². The molecule has 12 heteroatoms. The molecule has 0 bridgehead atoms. The Labute approximate surface area is 192 Å². The fourth-order valence-electron chi connectivity index (χ4n) is 3.50. The standard InChI is InChI=1S/C21H25FN8O2S/c1-15(16-3-5-17(22)6-4-16)25-21-27-18(26-19-14-23-7-8-24-19)13-20(28-21)29-9-11-30(12-10-29)33(2,31)32/h3-8,13-15H,9-12H2,1-2H3,(H2,24,25,26,27,28). The van der Waals surface area contributed by atoms with E-state index in [0.29, 0.717) is 49.6 Å². The van der Waals surface area contributed by atoms with Crippen molar-refractivity contribution < 1.29 is 12.8 Å². The predicted octanol–water partition coefficient (Wildman–Crippen LogP) is 2.40. The van der Waals surface area contributed by atoms with Crippen molar-refractivity contribution in [2.24, 2.45) is 0 Å². The number of benzene rings is 1. The molecule has 0 aliphatic carbocycles. The molecular weight excluding hydrogens is 447 g/mol. The van der Waals surface area contributed by atoms with E-state index in [0.717, 1.165) is 5.56 Å². The molecule has 1 saturated heterocycles. The van der Waals surface area contributed by atoms with Gasteiger partial charge in [-0.15, -0.1) is 0 Å². The van der Waals surface area contributed by atoms with Crippen LogP contribution in [-0.2, 0) is 10.0 Å². The third-order valence-electron chi connectivity index (χ3n) is 5.28. The fraction of sp³-hybridized carbons (Fsp3) is 0.333. The molecule has 0 saturated carbocycles. The van der Waals surface area contributed by atoms with Crippen LogP contribution in [0.4, 0.5) is 27.8 Å². The first-order valence-electron chi connectivity index (χ1n) is 10.4. The van der Waals surface area contributed by atoms with Crippen molar-refractivity contribution in [1.29, 1.82) is 0 Å². The van der Waals surface area contributed by atoms with Crippen LogP contribution in [0.15, 0.2) is 48.9 Å². The highest BCUT2D eigenvalue weighted by atomic mass is 32.2. The molecule has 33 heavy (non-hydrogen) atoms. The summed E-state index contributed by atoms with van der Waals surface area (Å²) in [5.41, 5.74) is 0.885. The van der Waals surface area contributed by atoms with E-state index in [-0.39, 0.29) is 11.9 Å². The van der Waals surface area contributed by atoms with Gasteiger partial charge in [-0.05, 0) is 24.6 Å². The molecule has 0 spiro atoms. The zero-order chi connectivity index (χ0) is 23.4. The number of sulfonamides is 1. The van der Waals surface area contributed by atoms with Crippen LogP contribution in [0, 0.1) is 5.82 Å². The second-order valence-electron chi connectivity index (χ2n) is 7.72. The predicted molar refractivity (Wildman–Crippen MR) is 124 cm³/mol. The first kappa shape index (κ1) is 22.8. The van der Waals surface area contributed by atoms with Crippen LogP contribution in [0.25, 0.3) is 0 Å². The average Bonchev–Trinajstić information content (AvgIpc) is 2.79. The molecule has 0 radical (unpaired) electrons. The second kappa shape index (κ2) is 9.63. The van der Waals surface area contributed by atoms with Gasteiger partial charge in [-0.25, -0.2) is 17.8 Å². The van der Waals surface area contributed by atoms with Crippen LogP contribution in [0.1, 0.15) is 18.5 Å². The summed E-state index contributed by atoms with van der Waals surface area (Å²) in [6.45, 7) is 3.70. The SMILES string of the molecule is CC(Nc1nc(Nc2cnccn2)cc(N2CCN(S(C)(=O)=O)CC2)n1)c1ccc(F)cc1. The van der Waals surface area contributed by atoms with Gasteiger partial charge in [-0.3, -0.25) is 4.98 Å². The Bertz CT molecular complexity index is 1190. The number of piperazine rings is 1. The Morgan fingerprint density at radius 2 is 1.76 bits per heavy atom. The Morgan fingerprint density at radius 3 is 2.39 bits per heavy atom. The highest BCUT2D eigenvalue weighted by molar-refractivity contribution is 7.88. The average molecular weight is 473 g/mol. The van der Waals surface area contributed by atoms with Crippen LogP contribution < -0.4 is 15.5 Å². The maximum Gasteiger partial charge on any atom is 0.227 e. The van der Waals surface area contributed by atoms with Crippen LogP contribution in [0.5, 0.6) is 0 Å². The van der Waals surface area contributed by atoms with Crippen molar-refractivity contribution in [2.75, 3.05) is 48.0 Å². The molecule has 1 aliphatic rings. The molecule has 1 fully saturated rings. The van der Waals surface area contributed by atoms with E-state index in [1.807, 2.05) is 11.8 Å². The summed E-state index contributed by atoms with van der Waals surface area (Å²) in [5.74, 6) is 1.77. The van der Waals surface area contributed by atoms with Gasteiger partial charge < -0.3 is 15.5 Å². The summed E-state index contributed by atoms with van der Waals surface area (Å²) in [5, 5.41) is 6.39. The summed E-state index contributed by atoms with van der Waals surface area (Å²) in [6, 6.07) is 7.85. The third kappa shape index (κ3) is 5.90. The van der Waals surface area contributed by atoms with E-state index >= 15 is 0 Å². The molecule has 174 valence electrons. The minimum atomic E-state index is -3.23. The van der Waals surface area contributed by atoms with Crippen LogP contribution in [-0.4, -0.2) is 65.1 Å². The Morgan fingerprint density at radius 1 is 1.03 bits per heavy atom. The normalized spacial score (nSPS) is 15.8. The molecule has 0 amide bonds. The van der Waals surface area contributed by atoms with Crippen molar-refractivity contribution in [1.82, 2.24) is 24.2 Å². The molecule has 4 rings (SSSR count). The summed E-state index contributed by atoms with van der Waals surface area (Å²) in [4.78, 5) is 19.5. The molecule has 3 heterocycles. The molecule has 2 N–H and O–H groups in total. The van der Waals surface area contributed by atoms with E-state index in [9.17, 15) is 12.8 Å². The van der Waals surface area contributed by atoms with E-state index in [2.05, 4.69) is 30.6 Å². The zero-order valence-electron chi connectivity index (χ0n) is 18.3. The van der Waals surface area contributed by atoms with Gasteiger partial charge in [0.25, 0.3) is 0 Å². The quantitative estimate of drug-likeness (QED) is 0.535. The highest BCUT2D eigenvalue weighted by Crippen LogP contribution is 2.24. The lowest BCUT2D eigenvalue weighted by Gasteiger charge is -2.34. The number of hydrogen-bond donors (Lipinski definition) is 2. The highest BCUT2D eigenvalue weighted by Gasteiger charge is 2.25. The molecule has 1 aromatic carbocycles. The van der Waals surface area contributed by atoms with Gasteiger partial charge in [-0.2, -0.15) is 14.3 Å². The summed E-state index contributed by atoms with van der Waals surface area (Å²) < 4.78 is 38.4. The first-order chi connectivity index (χ1) is 15.8. The van der Waals surface area contributed by atoms with E-state index in [4.69, 9.17) is 0 Å². The summed E-state index contributed by atoms with van der Waals surface area (Å²) in [7, 11) is -3.23. The van der Waals surface area contributed by atoms with Crippen molar-refractivity contribution in [3.8, 4) is 0 Å². The zero-order valence-corrected chi connectivity index (χ0v) is 19.1. The van der Waals surface area contributed by atoms with Crippen LogP contribution in [0.2, 0.25) is 0 Å². The maximum absolute atomic E-state index is 13.3. The topological polar surface area (TPSA) is 116 Å². The van der Waals surface area contributed by atoms with Crippen molar-refractivity contribution in [3.05, 3.63) is 60.3 Å². The lowest BCUT2D eigenvalue weighted by molar-refractivity contribution is 0.387. The van der Waals surface area contributed by atoms with Gasteiger partial charge in [0.2, 0.25) is 16.0 Å². The maximum atomic E-state index is 13.3. The number of nitrogens with one attached hydrogen (secondary N) is 2. The number of nitrogens with zero attached hydrogens (tertiary/aromatic N) is 6. The smallest absolute Gasteiger partial charge is 0.227 e. The summed E-state index contributed by atoms with van der Waals surface area (Å²) in [6.07, 6.45) is 5.95. The van der Waals surface area contributed by atoms with E-state index < -0.39 is 10.0 Å². The largest absolute Gasteiger partial charge is 0.354 e. The van der Waals surface area contributed by atoms with Crippen molar-refractivity contribution in [2.45, 2.75) is 13.0 Å². The molecular formula is C21H25FN8O2S. The third-order valence-corrected chi connectivity index (χ3v) is 6.58. The van der Waals surface area contributed by atoms with Crippen LogP contribution in [0.3, 0.4) is 0 Å².